The van der Waals surface area contributed by atoms with E-state index in [1.165, 1.54) is 24.3 Å². The zero-order chi connectivity index (χ0) is 22.5. The summed E-state index contributed by atoms with van der Waals surface area (Å²) < 4.78 is 9.89. The summed E-state index contributed by atoms with van der Waals surface area (Å²) in [6, 6.07) is 12.6. The largest absolute Gasteiger partial charge is 0.507 e. The van der Waals surface area contributed by atoms with Crippen LogP contribution < -0.4 is 0 Å². The number of carbonyl (C=O) groups excluding carboxylic acids is 2. The summed E-state index contributed by atoms with van der Waals surface area (Å²) in [6.07, 6.45) is 3.61. The van der Waals surface area contributed by atoms with E-state index in [2.05, 4.69) is 0 Å². The number of phenols is 2. The Morgan fingerprint density at radius 3 is 1.33 bits per heavy atom. The number of phenolic OH excluding ortho intramolecular Hbond substituents is 2. The number of para-hydroxylation sites is 2. The Labute approximate surface area is 177 Å². The van der Waals surface area contributed by atoms with Gasteiger partial charge in [-0.1, -0.05) is 35.4 Å². The normalized spacial score (nSPS) is 9.47. The van der Waals surface area contributed by atoms with Gasteiger partial charge >= 0.3 is 11.9 Å². The van der Waals surface area contributed by atoms with Crippen LogP contribution >= 0.6 is 0 Å². The third-order valence-corrected chi connectivity index (χ3v) is 3.66. The molecule has 2 aromatic rings. The van der Waals surface area contributed by atoms with Gasteiger partial charge in [-0.25, -0.2) is 9.59 Å². The van der Waals surface area contributed by atoms with Gasteiger partial charge in [0.2, 0.25) is 0 Å². The Bertz CT molecular complexity index is 828. The molecular formula is C24H28O6. The smallest absolute Gasteiger partial charge is 0.342 e. The molecule has 0 aromatic heterocycles. The summed E-state index contributed by atoms with van der Waals surface area (Å²) in [4.78, 5) is 22.9. The number of ether oxygens (including phenoxy) is 2. The van der Waals surface area contributed by atoms with Crippen molar-refractivity contribution in [2.24, 2.45) is 0 Å². The second-order valence-corrected chi connectivity index (χ2v) is 6.79. The second-order valence-electron chi connectivity index (χ2n) is 6.79. The molecule has 2 N–H and O–H groups in total. The molecule has 0 aliphatic heterocycles. The number of hydrogen-bond acceptors (Lipinski definition) is 6. The van der Waals surface area contributed by atoms with Gasteiger partial charge < -0.3 is 19.7 Å². The highest BCUT2D eigenvalue weighted by atomic mass is 16.5. The minimum Gasteiger partial charge on any atom is -0.507 e. The topological polar surface area (TPSA) is 93.1 Å². The molecule has 6 nitrogen and oxygen atoms in total. The molecule has 0 fully saturated rings. The van der Waals surface area contributed by atoms with Crippen LogP contribution in [0.5, 0.6) is 11.5 Å². The molecule has 2 aromatic carbocycles. The number of hydrogen-bond donors (Lipinski definition) is 2. The number of allylic oxidation sites excluding steroid dienone is 2. The van der Waals surface area contributed by atoms with E-state index in [-0.39, 0.29) is 35.8 Å². The molecule has 30 heavy (non-hydrogen) atoms. The second kappa shape index (κ2) is 12.8. The Morgan fingerprint density at radius 2 is 1.03 bits per heavy atom. The summed E-state index contributed by atoms with van der Waals surface area (Å²) >= 11 is 0. The summed E-state index contributed by atoms with van der Waals surface area (Å²) in [5, 5.41) is 18.7. The summed E-state index contributed by atoms with van der Waals surface area (Å²) in [6.45, 7) is 8.16. The SMILES string of the molecule is CC(C)=CCOC(=O)c1ccccc1O.CC(C)=CCOC(=O)c1ccccc1O. The van der Waals surface area contributed by atoms with Crippen molar-refractivity contribution >= 4 is 11.9 Å². The van der Waals surface area contributed by atoms with Crippen molar-refractivity contribution in [3.63, 3.8) is 0 Å². The van der Waals surface area contributed by atoms with Crippen LogP contribution in [0.2, 0.25) is 0 Å². The van der Waals surface area contributed by atoms with Gasteiger partial charge in [0.15, 0.2) is 0 Å². The fourth-order valence-corrected chi connectivity index (χ4v) is 2.02. The zero-order valence-electron chi connectivity index (χ0n) is 17.7. The highest BCUT2D eigenvalue weighted by molar-refractivity contribution is 5.92. The molecule has 0 aliphatic rings. The molecule has 2 rings (SSSR count). The minimum absolute atomic E-state index is 0.0558. The van der Waals surface area contributed by atoms with E-state index >= 15 is 0 Å². The van der Waals surface area contributed by atoms with Crippen molar-refractivity contribution in [3.05, 3.63) is 83.0 Å². The molecule has 0 saturated heterocycles. The van der Waals surface area contributed by atoms with Crippen LogP contribution in [0.25, 0.3) is 0 Å². The minimum atomic E-state index is -0.509. The molecule has 6 heteroatoms. The zero-order valence-corrected chi connectivity index (χ0v) is 17.7. The Kier molecular flexibility index (Phi) is 10.5. The molecule has 0 aliphatic carbocycles. The van der Waals surface area contributed by atoms with Crippen LogP contribution in [0.3, 0.4) is 0 Å². The molecule has 0 amide bonds. The molecule has 0 radical (unpaired) electrons. The third kappa shape index (κ3) is 9.10. The standard InChI is InChI=1S/2C12H14O3/c2*1-9(2)7-8-15-12(14)10-5-3-4-6-11(10)13/h2*3-7,13H,8H2,1-2H3. The van der Waals surface area contributed by atoms with E-state index in [1.54, 1.807) is 36.4 Å². The number of rotatable bonds is 6. The average Bonchev–Trinajstić information content (AvgIpc) is 2.68. The maximum atomic E-state index is 11.4. The number of aromatic hydroxyl groups is 2. The predicted molar refractivity (Wildman–Crippen MR) is 116 cm³/mol. The lowest BCUT2D eigenvalue weighted by molar-refractivity contribution is 0.0536. The number of benzene rings is 2. The quantitative estimate of drug-likeness (QED) is 0.511. The summed E-state index contributed by atoms with van der Waals surface area (Å²) in [5.41, 5.74) is 2.56. The Morgan fingerprint density at radius 1 is 0.700 bits per heavy atom. The first-order valence-electron chi connectivity index (χ1n) is 9.39. The molecule has 0 spiro atoms. The van der Waals surface area contributed by atoms with Gasteiger partial charge in [-0.3, -0.25) is 0 Å². The van der Waals surface area contributed by atoms with Gasteiger partial charge in [-0.05, 0) is 64.1 Å². The van der Waals surface area contributed by atoms with E-state index < -0.39 is 11.9 Å². The molecular weight excluding hydrogens is 384 g/mol. The molecule has 160 valence electrons. The van der Waals surface area contributed by atoms with Crippen molar-refractivity contribution in [1.82, 2.24) is 0 Å². The maximum absolute atomic E-state index is 11.4. The number of esters is 2. The van der Waals surface area contributed by atoms with Crippen LogP contribution in [0.15, 0.2) is 71.8 Å². The van der Waals surface area contributed by atoms with Gasteiger partial charge in [0.05, 0.1) is 0 Å². The van der Waals surface area contributed by atoms with Gasteiger partial charge in [0.25, 0.3) is 0 Å². The molecule has 0 unspecified atom stereocenters. The summed E-state index contributed by atoms with van der Waals surface area (Å²) in [7, 11) is 0. The van der Waals surface area contributed by atoms with Crippen molar-refractivity contribution in [2.45, 2.75) is 27.7 Å². The van der Waals surface area contributed by atoms with Crippen LogP contribution in [-0.2, 0) is 9.47 Å². The monoisotopic (exact) mass is 412 g/mol. The lowest BCUT2D eigenvalue weighted by Crippen LogP contribution is -2.05. The molecule has 0 saturated carbocycles. The Balaban J connectivity index is 0.000000300. The van der Waals surface area contributed by atoms with E-state index in [1.807, 2.05) is 27.7 Å². The maximum Gasteiger partial charge on any atom is 0.342 e. The van der Waals surface area contributed by atoms with Crippen LogP contribution in [0.4, 0.5) is 0 Å². The van der Waals surface area contributed by atoms with Crippen molar-refractivity contribution in [1.29, 1.82) is 0 Å². The van der Waals surface area contributed by atoms with Crippen LogP contribution in [-0.4, -0.2) is 35.4 Å². The lowest BCUT2D eigenvalue weighted by Gasteiger charge is -2.03. The van der Waals surface area contributed by atoms with Gasteiger partial charge in [0.1, 0.15) is 35.8 Å². The first kappa shape index (κ1) is 24.5. The van der Waals surface area contributed by atoms with Gasteiger partial charge in [0, 0.05) is 0 Å². The van der Waals surface area contributed by atoms with Crippen LogP contribution in [0.1, 0.15) is 48.4 Å². The fourth-order valence-electron chi connectivity index (χ4n) is 2.02. The van der Waals surface area contributed by atoms with E-state index in [0.717, 1.165) is 11.1 Å². The van der Waals surface area contributed by atoms with Crippen molar-refractivity contribution in [2.75, 3.05) is 13.2 Å². The Hall–Kier alpha value is -3.54. The van der Waals surface area contributed by atoms with E-state index in [9.17, 15) is 19.8 Å². The lowest BCUT2D eigenvalue weighted by atomic mass is 10.2. The van der Waals surface area contributed by atoms with E-state index in [0.29, 0.717) is 0 Å². The molecule has 0 atom stereocenters. The van der Waals surface area contributed by atoms with Crippen molar-refractivity contribution < 1.29 is 29.3 Å². The van der Waals surface area contributed by atoms with E-state index in [4.69, 9.17) is 9.47 Å². The van der Waals surface area contributed by atoms with Crippen molar-refractivity contribution in [3.8, 4) is 11.5 Å². The first-order valence-corrected chi connectivity index (χ1v) is 9.39. The van der Waals surface area contributed by atoms with Gasteiger partial charge in [-0.2, -0.15) is 0 Å². The molecule has 0 bridgehead atoms. The fraction of sp³-hybridized carbons (Fsp3) is 0.250. The highest BCUT2D eigenvalue weighted by Crippen LogP contribution is 2.17. The number of carbonyl (C=O) groups is 2. The summed E-state index contributed by atoms with van der Waals surface area (Å²) in [5.74, 6) is -1.13. The average molecular weight is 412 g/mol. The first-order chi connectivity index (χ1) is 14.2. The predicted octanol–water partition coefficient (Wildman–Crippen LogP) is 5.03. The molecule has 0 heterocycles. The highest BCUT2D eigenvalue weighted by Gasteiger charge is 2.11. The van der Waals surface area contributed by atoms with Gasteiger partial charge in [-0.15, -0.1) is 0 Å². The van der Waals surface area contributed by atoms with Crippen LogP contribution in [0, 0.1) is 0 Å². The third-order valence-electron chi connectivity index (χ3n) is 3.66.